The van der Waals surface area contributed by atoms with Crippen LogP contribution in [-0.2, 0) is 14.3 Å². The van der Waals surface area contributed by atoms with Crippen LogP contribution in [0.5, 0.6) is 0 Å². The number of carbonyl (C=O) groups is 2. The summed E-state index contributed by atoms with van der Waals surface area (Å²) < 4.78 is 5.57. The normalized spacial score (nSPS) is 26.6. The van der Waals surface area contributed by atoms with E-state index in [-0.39, 0.29) is 0 Å². The van der Waals surface area contributed by atoms with Crippen LogP contribution in [0.3, 0.4) is 0 Å². The molecule has 0 aromatic heterocycles. The maximum absolute atomic E-state index is 12.5. The fourth-order valence-corrected chi connectivity index (χ4v) is 4.60. The Labute approximate surface area is 163 Å². The molecule has 2 saturated heterocycles. The van der Waals surface area contributed by atoms with Crippen molar-refractivity contribution in [3.8, 4) is 0 Å². The van der Waals surface area contributed by atoms with Gasteiger partial charge < -0.3 is 14.5 Å². The number of hydrogen-bond donors (Lipinski definition) is 0. The monoisotopic (exact) mass is 377 g/mol. The molecule has 2 aliphatic heterocycles. The van der Waals surface area contributed by atoms with Crippen LogP contribution in [0, 0.1) is 11.8 Å². The van der Waals surface area contributed by atoms with E-state index in [0.717, 1.165) is 77.9 Å². The summed E-state index contributed by atoms with van der Waals surface area (Å²) in [4.78, 5) is 31.4. The minimum Gasteiger partial charge on any atom is -0.381 e. The molecule has 0 aromatic rings. The van der Waals surface area contributed by atoms with Crippen LogP contribution in [0.4, 0.5) is 0 Å². The number of amides is 2. The SMILES string of the molecule is CN(CCN(C1CCOCC1)C1CCN(C(=O)C2CC2)C1)C(=O)CC1CC1. The van der Waals surface area contributed by atoms with Crippen LogP contribution < -0.4 is 0 Å². The van der Waals surface area contributed by atoms with Gasteiger partial charge in [0.25, 0.3) is 0 Å². The van der Waals surface area contributed by atoms with E-state index in [1.807, 2.05) is 11.9 Å². The Kier molecular flexibility index (Phi) is 6.02. The van der Waals surface area contributed by atoms with Crippen molar-refractivity contribution in [2.45, 2.75) is 63.5 Å². The van der Waals surface area contributed by atoms with Crippen molar-refractivity contribution < 1.29 is 14.3 Å². The number of carbonyl (C=O) groups excluding carboxylic acids is 2. The third-order valence-electron chi connectivity index (χ3n) is 6.81. The van der Waals surface area contributed by atoms with Crippen molar-refractivity contribution in [1.82, 2.24) is 14.7 Å². The third kappa shape index (κ3) is 5.02. The lowest BCUT2D eigenvalue weighted by Crippen LogP contribution is -2.50. The van der Waals surface area contributed by atoms with Gasteiger partial charge in [0.15, 0.2) is 0 Å². The van der Waals surface area contributed by atoms with Crippen molar-refractivity contribution >= 4 is 11.8 Å². The zero-order chi connectivity index (χ0) is 18.8. The Balaban J connectivity index is 1.33. The second-order valence-corrected chi connectivity index (χ2v) is 9.05. The summed E-state index contributed by atoms with van der Waals surface area (Å²) in [6, 6.07) is 0.953. The van der Waals surface area contributed by atoms with E-state index in [4.69, 9.17) is 4.74 Å². The highest BCUT2D eigenvalue weighted by atomic mass is 16.5. The van der Waals surface area contributed by atoms with Crippen LogP contribution >= 0.6 is 0 Å². The van der Waals surface area contributed by atoms with Gasteiger partial charge in [-0.15, -0.1) is 0 Å². The molecule has 6 heteroatoms. The fourth-order valence-electron chi connectivity index (χ4n) is 4.60. The second kappa shape index (κ2) is 8.48. The number of hydrogen-bond acceptors (Lipinski definition) is 4. The molecule has 152 valence electrons. The molecule has 1 atom stereocenters. The molecule has 2 amide bonds. The second-order valence-electron chi connectivity index (χ2n) is 9.05. The topological polar surface area (TPSA) is 53.1 Å². The zero-order valence-corrected chi connectivity index (χ0v) is 16.8. The summed E-state index contributed by atoms with van der Waals surface area (Å²) in [7, 11) is 1.95. The Hall–Kier alpha value is -1.14. The maximum atomic E-state index is 12.5. The number of likely N-dealkylation sites (N-methyl/N-ethyl adjacent to an activating group) is 1. The molecule has 0 radical (unpaired) electrons. The molecule has 2 saturated carbocycles. The molecule has 6 nitrogen and oxygen atoms in total. The lowest BCUT2D eigenvalue weighted by molar-refractivity contribution is -0.131. The summed E-state index contributed by atoms with van der Waals surface area (Å²) in [6.07, 6.45) is 8.52. The smallest absolute Gasteiger partial charge is 0.225 e. The fraction of sp³-hybridized carbons (Fsp3) is 0.905. The van der Waals surface area contributed by atoms with E-state index in [2.05, 4.69) is 9.80 Å². The van der Waals surface area contributed by atoms with Gasteiger partial charge in [-0.3, -0.25) is 14.5 Å². The largest absolute Gasteiger partial charge is 0.381 e. The lowest BCUT2D eigenvalue weighted by Gasteiger charge is -2.39. The Morgan fingerprint density at radius 2 is 1.70 bits per heavy atom. The van der Waals surface area contributed by atoms with E-state index in [1.165, 1.54) is 12.8 Å². The number of rotatable bonds is 8. The molecule has 0 bridgehead atoms. The highest BCUT2D eigenvalue weighted by Crippen LogP contribution is 2.34. The highest BCUT2D eigenvalue weighted by Gasteiger charge is 2.39. The molecule has 2 aliphatic carbocycles. The van der Waals surface area contributed by atoms with Crippen LogP contribution in [0.1, 0.15) is 51.4 Å². The molecule has 0 N–H and O–H groups in total. The molecule has 4 aliphatic rings. The molecular formula is C21H35N3O3. The average Bonchev–Trinajstić information content (AvgIpc) is 3.61. The minimum absolute atomic E-state index is 0.293. The Morgan fingerprint density at radius 1 is 0.963 bits per heavy atom. The minimum atomic E-state index is 0.293. The highest BCUT2D eigenvalue weighted by molar-refractivity contribution is 5.81. The summed E-state index contributed by atoms with van der Waals surface area (Å²) in [6.45, 7) is 5.12. The van der Waals surface area contributed by atoms with Crippen LogP contribution in [0.25, 0.3) is 0 Å². The summed E-state index contributed by atoms with van der Waals surface area (Å²) in [5.41, 5.74) is 0. The van der Waals surface area contributed by atoms with Gasteiger partial charge in [-0.05, 0) is 50.9 Å². The lowest BCUT2D eigenvalue weighted by atomic mass is 10.0. The maximum Gasteiger partial charge on any atom is 0.225 e. The van der Waals surface area contributed by atoms with E-state index < -0.39 is 0 Å². The van der Waals surface area contributed by atoms with Gasteiger partial charge in [-0.1, -0.05) is 0 Å². The molecule has 0 spiro atoms. The number of likely N-dealkylation sites (tertiary alicyclic amines) is 1. The van der Waals surface area contributed by atoms with E-state index in [0.29, 0.717) is 35.7 Å². The van der Waals surface area contributed by atoms with Gasteiger partial charge in [-0.2, -0.15) is 0 Å². The predicted molar refractivity (Wildman–Crippen MR) is 103 cm³/mol. The van der Waals surface area contributed by atoms with Crippen molar-refractivity contribution in [3.05, 3.63) is 0 Å². The first-order valence-electron chi connectivity index (χ1n) is 11.0. The van der Waals surface area contributed by atoms with Crippen LogP contribution in [-0.4, -0.2) is 85.0 Å². The van der Waals surface area contributed by atoms with E-state index in [1.54, 1.807) is 0 Å². The predicted octanol–water partition coefficient (Wildman–Crippen LogP) is 1.74. The van der Waals surface area contributed by atoms with Crippen molar-refractivity contribution in [2.75, 3.05) is 46.4 Å². The first-order valence-corrected chi connectivity index (χ1v) is 11.0. The molecular weight excluding hydrogens is 342 g/mol. The number of nitrogens with zero attached hydrogens (tertiary/aromatic N) is 3. The third-order valence-corrected chi connectivity index (χ3v) is 6.81. The zero-order valence-electron chi connectivity index (χ0n) is 16.8. The van der Waals surface area contributed by atoms with Gasteiger partial charge in [0.1, 0.15) is 0 Å². The quantitative estimate of drug-likeness (QED) is 0.647. The molecule has 4 rings (SSSR count). The van der Waals surface area contributed by atoms with Crippen LogP contribution in [0.15, 0.2) is 0 Å². The average molecular weight is 378 g/mol. The van der Waals surface area contributed by atoms with Crippen molar-refractivity contribution in [1.29, 1.82) is 0 Å². The molecule has 4 fully saturated rings. The Bertz CT molecular complexity index is 541. The molecule has 0 aromatic carbocycles. The summed E-state index contributed by atoms with van der Waals surface area (Å²) >= 11 is 0. The molecule has 2 heterocycles. The summed E-state index contributed by atoms with van der Waals surface area (Å²) in [5.74, 6) is 1.62. The Morgan fingerprint density at radius 3 is 2.37 bits per heavy atom. The van der Waals surface area contributed by atoms with Crippen molar-refractivity contribution in [2.24, 2.45) is 11.8 Å². The van der Waals surface area contributed by atoms with Gasteiger partial charge >= 0.3 is 0 Å². The number of ether oxygens (including phenoxy) is 1. The van der Waals surface area contributed by atoms with Gasteiger partial charge in [0, 0.05) is 70.9 Å². The molecule has 1 unspecified atom stereocenters. The summed E-state index contributed by atoms with van der Waals surface area (Å²) in [5, 5.41) is 0. The first kappa shape index (κ1) is 19.2. The van der Waals surface area contributed by atoms with E-state index in [9.17, 15) is 9.59 Å². The standard InChI is InChI=1S/C21H35N3O3/c1-22(20(25)14-16-2-3-16)10-11-24(18-7-12-27-13-8-18)19-6-9-23(15-19)21(26)17-4-5-17/h16-19H,2-15H2,1H3. The van der Waals surface area contributed by atoms with Gasteiger partial charge in [0.05, 0.1) is 0 Å². The van der Waals surface area contributed by atoms with E-state index >= 15 is 0 Å². The first-order chi connectivity index (χ1) is 13.1. The molecule has 27 heavy (non-hydrogen) atoms. The van der Waals surface area contributed by atoms with Crippen molar-refractivity contribution in [3.63, 3.8) is 0 Å². The van der Waals surface area contributed by atoms with Gasteiger partial charge in [-0.25, -0.2) is 0 Å². The van der Waals surface area contributed by atoms with Gasteiger partial charge in [0.2, 0.25) is 11.8 Å². The van der Waals surface area contributed by atoms with Crippen LogP contribution in [0.2, 0.25) is 0 Å².